The summed E-state index contributed by atoms with van der Waals surface area (Å²) in [5, 5.41) is 7.65. The van der Waals surface area contributed by atoms with Crippen LogP contribution in [0.5, 0.6) is 0 Å². The molecule has 5 aliphatic rings. The summed E-state index contributed by atoms with van der Waals surface area (Å²) in [5.74, 6) is 8.45. The number of nitrogens with one attached hydrogen (secondary N) is 4. The zero-order valence-corrected chi connectivity index (χ0v) is 33.7. The van der Waals surface area contributed by atoms with Crippen LogP contribution >= 0.6 is 0 Å². The maximum Gasteiger partial charge on any atom is 0.407 e. The highest BCUT2D eigenvalue weighted by molar-refractivity contribution is 5.89. The van der Waals surface area contributed by atoms with Crippen molar-refractivity contribution >= 4 is 34.8 Å². The van der Waals surface area contributed by atoms with E-state index < -0.39 is 24.3 Å². The fourth-order valence-corrected chi connectivity index (χ4v) is 9.52. The van der Waals surface area contributed by atoms with Crippen LogP contribution in [-0.4, -0.2) is 105 Å². The lowest BCUT2D eigenvalue weighted by Crippen LogP contribution is -2.54. The van der Waals surface area contributed by atoms with Gasteiger partial charge in [0.1, 0.15) is 29.4 Å². The molecule has 2 aromatic heterocycles. The van der Waals surface area contributed by atoms with Crippen molar-refractivity contribution in [3.63, 3.8) is 0 Å². The first-order chi connectivity index (χ1) is 28.6. The Morgan fingerprint density at radius 3 is 2.10 bits per heavy atom. The molecule has 2 saturated carbocycles. The predicted molar refractivity (Wildman–Crippen MR) is 215 cm³/mol. The van der Waals surface area contributed by atoms with Crippen LogP contribution in [0, 0.1) is 35.5 Å². The lowest BCUT2D eigenvalue weighted by molar-refractivity contribution is -0.138. The van der Waals surface area contributed by atoms with E-state index in [1.165, 1.54) is 14.2 Å². The van der Waals surface area contributed by atoms with Crippen molar-refractivity contribution < 1.29 is 33.4 Å². The summed E-state index contributed by atoms with van der Waals surface area (Å²) in [6, 6.07) is 10.9. The maximum absolute atomic E-state index is 14.2. The summed E-state index contributed by atoms with van der Waals surface area (Å²) in [5.41, 5.74) is 3.35. The van der Waals surface area contributed by atoms with Crippen molar-refractivity contribution in [3.05, 3.63) is 71.7 Å². The van der Waals surface area contributed by atoms with Gasteiger partial charge in [-0.2, -0.15) is 0 Å². The van der Waals surface area contributed by atoms with E-state index in [0.29, 0.717) is 49.4 Å². The summed E-state index contributed by atoms with van der Waals surface area (Å²) < 4.78 is 15.2. The topological polar surface area (TPSA) is 184 Å². The third-order valence-electron chi connectivity index (χ3n) is 12.9. The van der Waals surface area contributed by atoms with Crippen LogP contribution in [0.15, 0.2) is 48.8 Å². The molecule has 0 radical (unpaired) electrons. The van der Waals surface area contributed by atoms with Crippen molar-refractivity contribution in [2.75, 3.05) is 27.4 Å². The Labute approximate surface area is 342 Å². The Morgan fingerprint density at radius 1 is 0.780 bits per heavy atom. The summed E-state index contributed by atoms with van der Waals surface area (Å²) in [6.45, 7) is 4.94. The number of likely N-dealkylation sites (tertiary alicyclic amines) is 2. The Hall–Kier alpha value is -5.88. The lowest BCUT2D eigenvalue weighted by atomic mass is 9.90. The number of amides is 4. The van der Waals surface area contributed by atoms with Crippen LogP contribution in [0.25, 0.3) is 22.0 Å². The van der Waals surface area contributed by atoms with Gasteiger partial charge in [0.05, 0.1) is 44.4 Å². The molecule has 59 heavy (non-hydrogen) atoms. The smallest absolute Gasteiger partial charge is 0.407 e. The first-order valence-electron chi connectivity index (χ1n) is 20.7. The number of fused-ring (bicyclic) bond motifs is 3. The minimum Gasteiger partial charge on any atom is -0.453 e. The number of ether oxygens (including phenoxy) is 3. The standard InChI is InChI=1S/C44H50N8O7/c1-23(2)37(49-43(55)57-3)41(53)51-33-17-29(33)19-35(51)39-45-21-31(47-39)10-6-24-5-7-27-16-28(9-8-26(27)15-24)32-22-46-40(48-32)36-20-30-18-34(30)52(36)42(54)38(50-44(56)58-4)25-11-13-59-14-12-25/h5,7-9,15-16,21-23,25,29-30,33-38H,11-14,17-20H2,1-4H3,(H,45,47)(H,46,48)(H,49,55)(H,50,56)/t29?,30-,33-,34-,35+,36+,37+,38+/m1/s1. The molecule has 8 atom stereocenters. The molecule has 1 unspecified atom stereocenters. The summed E-state index contributed by atoms with van der Waals surface area (Å²) in [7, 11) is 2.61. The average Bonchev–Trinajstić information content (AvgIpc) is 3.85. The molecule has 9 rings (SSSR count). The Morgan fingerprint density at radius 2 is 1.41 bits per heavy atom. The molecule has 0 spiro atoms. The number of nitrogens with zero attached hydrogens (tertiary/aromatic N) is 4. The van der Waals surface area contributed by atoms with Crippen LogP contribution in [0.3, 0.4) is 0 Å². The number of H-pyrrole nitrogens is 2. The van der Waals surface area contributed by atoms with Gasteiger partial charge in [-0.15, -0.1) is 0 Å². The van der Waals surface area contributed by atoms with Crippen molar-refractivity contribution in [1.82, 2.24) is 40.4 Å². The molecule has 15 heteroatoms. The van der Waals surface area contributed by atoms with Gasteiger partial charge >= 0.3 is 12.2 Å². The number of piperidine rings is 2. The number of aromatic amines is 2. The molecular weight excluding hydrogens is 753 g/mol. The van der Waals surface area contributed by atoms with E-state index in [-0.39, 0.29) is 47.8 Å². The number of imidazole rings is 2. The first-order valence-corrected chi connectivity index (χ1v) is 20.7. The van der Waals surface area contributed by atoms with Gasteiger partial charge < -0.3 is 44.6 Å². The second-order valence-electron chi connectivity index (χ2n) is 16.9. The van der Waals surface area contributed by atoms with Crippen LogP contribution in [0.2, 0.25) is 0 Å². The van der Waals surface area contributed by atoms with Crippen LogP contribution in [-0.2, 0) is 23.8 Å². The highest BCUT2D eigenvalue weighted by Gasteiger charge is 2.57. The number of alkyl carbamates (subject to hydrolysis) is 2. The summed E-state index contributed by atoms with van der Waals surface area (Å²) >= 11 is 0. The van der Waals surface area contributed by atoms with Crippen LogP contribution < -0.4 is 10.6 Å². The fraction of sp³-hybridized carbons (Fsp3) is 0.500. The second kappa shape index (κ2) is 15.7. The third-order valence-corrected chi connectivity index (χ3v) is 12.9. The second-order valence-corrected chi connectivity index (χ2v) is 16.9. The molecule has 3 saturated heterocycles. The van der Waals surface area contributed by atoms with E-state index in [2.05, 4.69) is 67.8 Å². The number of carbonyl (C=O) groups excluding carboxylic acids is 4. The lowest BCUT2D eigenvalue weighted by Gasteiger charge is -2.35. The first kappa shape index (κ1) is 38.6. The van der Waals surface area contributed by atoms with Gasteiger partial charge in [-0.05, 0) is 97.1 Å². The average molecular weight is 803 g/mol. The number of rotatable bonds is 9. The van der Waals surface area contributed by atoms with Crippen molar-refractivity contribution in [3.8, 4) is 23.1 Å². The largest absolute Gasteiger partial charge is 0.453 e. The molecule has 4 N–H and O–H groups in total. The molecule has 4 aromatic rings. The number of methoxy groups -OCH3 is 2. The van der Waals surface area contributed by atoms with Gasteiger partial charge in [-0.1, -0.05) is 38.0 Å². The van der Waals surface area contributed by atoms with E-state index in [4.69, 9.17) is 19.2 Å². The number of carbonyl (C=O) groups is 4. The molecule has 4 amide bonds. The summed E-state index contributed by atoms with van der Waals surface area (Å²) in [6.07, 6.45) is 7.29. The van der Waals surface area contributed by atoms with Crippen molar-refractivity contribution in [2.24, 2.45) is 23.7 Å². The maximum atomic E-state index is 14.2. The van der Waals surface area contributed by atoms with E-state index in [9.17, 15) is 19.2 Å². The zero-order chi connectivity index (χ0) is 40.9. The van der Waals surface area contributed by atoms with E-state index in [1.54, 1.807) is 6.20 Å². The monoisotopic (exact) mass is 802 g/mol. The number of hydrogen-bond donors (Lipinski definition) is 4. The number of aromatic nitrogens is 4. The Kier molecular flexibility index (Phi) is 10.3. The van der Waals surface area contributed by atoms with E-state index >= 15 is 0 Å². The molecule has 0 bridgehead atoms. The van der Waals surface area contributed by atoms with Gasteiger partial charge in [-0.3, -0.25) is 9.59 Å². The van der Waals surface area contributed by atoms with Crippen molar-refractivity contribution in [2.45, 2.75) is 88.6 Å². The fourth-order valence-electron chi connectivity index (χ4n) is 9.52. The molecular formula is C44H50N8O7. The minimum atomic E-state index is -0.690. The SMILES string of the molecule is COC(=O)N[C@H](C(=O)N1[C@@H]2CC2C[C@H]1c1ncc(C#Cc2ccc3cc(-c4cnc([C@@H]5C[C@H]6C[C@H]6N5C(=O)[C@@H](NC(=O)OC)C5CCOCC5)[nH]4)ccc3c2)[nH]1)C(C)C. The number of benzene rings is 2. The molecule has 308 valence electrons. The molecule has 2 aliphatic carbocycles. The molecule has 5 heterocycles. The Balaban J connectivity index is 0.881. The van der Waals surface area contributed by atoms with Gasteiger partial charge in [-0.25, -0.2) is 19.6 Å². The highest BCUT2D eigenvalue weighted by Crippen LogP contribution is 2.54. The van der Waals surface area contributed by atoms with Gasteiger partial charge in [0.25, 0.3) is 0 Å². The molecule has 5 fully saturated rings. The molecule has 3 aliphatic heterocycles. The van der Waals surface area contributed by atoms with Crippen LogP contribution in [0.1, 0.15) is 87.4 Å². The van der Waals surface area contributed by atoms with Crippen molar-refractivity contribution in [1.29, 1.82) is 0 Å². The van der Waals surface area contributed by atoms with E-state index in [0.717, 1.165) is 59.1 Å². The van der Waals surface area contributed by atoms with Gasteiger partial charge in [0.2, 0.25) is 11.8 Å². The Bertz CT molecular complexity index is 2340. The summed E-state index contributed by atoms with van der Waals surface area (Å²) in [4.78, 5) is 72.5. The predicted octanol–water partition coefficient (Wildman–Crippen LogP) is 5.21. The normalized spacial score (nSPS) is 25.4. The quantitative estimate of drug-likeness (QED) is 0.165. The van der Waals surface area contributed by atoms with E-state index in [1.807, 2.05) is 35.9 Å². The van der Waals surface area contributed by atoms with Gasteiger partial charge in [0.15, 0.2) is 0 Å². The highest BCUT2D eigenvalue weighted by atomic mass is 16.5. The van der Waals surface area contributed by atoms with Crippen LogP contribution in [0.4, 0.5) is 9.59 Å². The molecule has 15 nitrogen and oxygen atoms in total. The number of hydrogen-bond acceptors (Lipinski definition) is 9. The minimum absolute atomic E-state index is 0.0247. The molecule has 2 aromatic carbocycles. The third kappa shape index (κ3) is 7.62. The van der Waals surface area contributed by atoms with Gasteiger partial charge in [0, 0.05) is 36.4 Å². The zero-order valence-electron chi connectivity index (χ0n) is 33.7.